The van der Waals surface area contributed by atoms with Crippen LogP contribution in [0.1, 0.15) is 24.8 Å². The van der Waals surface area contributed by atoms with E-state index in [1.807, 2.05) is 42.5 Å². The average molecular weight is 355 g/mol. The standard InChI is InChI=1S/C21H25NO4/c1-25-17-7-5-6-16(14-17)21(15-20(23)24)10-12-22(13-11-21)18-8-3-4-9-19(18)26-2/h3-9,14H,10-13,15H2,1-2H3,(H,23,24). The molecule has 1 saturated heterocycles. The third-order valence-corrected chi connectivity index (χ3v) is 5.32. The van der Waals surface area contributed by atoms with Crippen LogP contribution in [0.25, 0.3) is 0 Å². The zero-order valence-corrected chi connectivity index (χ0v) is 15.3. The zero-order chi connectivity index (χ0) is 18.6. The second-order valence-electron chi connectivity index (χ2n) is 6.74. The number of aliphatic carboxylic acids is 1. The summed E-state index contributed by atoms with van der Waals surface area (Å²) in [5.41, 5.74) is 1.72. The smallest absolute Gasteiger partial charge is 0.304 e. The first-order chi connectivity index (χ1) is 12.6. The van der Waals surface area contributed by atoms with Gasteiger partial charge in [0.15, 0.2) is 0 Å². The second-order valence-corrected chi connectivity index (χ2v) is 6.74. The van der Waals surface area contributed by atoms with E-state index >= 15 is 0 Å². The number of para-hydroxylation sites is 2. The Labute approximate surface area is 154 Å². The number of anilines is 1. The summed E-state index contributed by atoms with van der Waals surface area (Å²) in [5.74, 6) is 0.845. The summed E-state index contributed by atoms with van der Waals surface area (Å²) in [5, 5.41) is 9.52. The fraction of sp³-hybridized carbons (Fsp3) is 0.381. The monoisotopic (exact) mass is 355 g/mol. The zero-order valence-electron chi connectivity index (χ0n) is 15.3. The molecule has 5 nitrogen and oxygen atoms in total. The van der Waals surface area contributed by atoms with Crippen LogP contribution >= 0.6 is 0 Å². The quantitative estimate of drug-likeness (QED) is 0.856. The van der Waals surface area contributed by atoms with Gasteiger partial charge in [-0.3, -0.25) is 4.79 Å². The van der Waals surface area contributed by atoms with Crippen molar-refractivity contribution in [2.24, 2.45) is 0 Å². The maximum atomic E-state index is 11.6. The molecule has 0 spiro atoms. The Morgan fingerprint density at radius 3 is 2.46 bits per heavy atom. The van der Waals surface area contributed by atoms with Gasteiger partial charge < -0.3 is 19.5 Å². The molecule has 26 heavy (non-hydrogen) atoms. The Morgan fingerprint density at radius 2 is 1.81 bits per heavy atom. The first kappa shape index (κ1) is 18.1. The SMILES string of the molecule is COc1cccc(C2(CC(=O)O)CCN(c3ccccc3OC)CC2)c1. The first-order valence-corrected chi connectivity index (χ1v) is 8.82. The highest BCUT2D eigenvalue weighted by atomic mass is 16.5. The molecule has 0 amide bonds. The van der Waals surface area contributed by atoms with Crippen molar-refractivity contribution in [3.63, 3.8) is 0 Å². The number of methoxy groups -OCH3 is 2. The molecule has 1 N–H and O–H groups in total. The third kappa shape index (κ3) is 3.62. The highest BCUT2D eigenvalue weighted by molar-refractivity contribution is 5.69. The Bertz CT molecular complexity index is 766. The highest BCUT2D eigenvalue weighted by Gasteiger charge is 2.39. The van der Waals surface area contributed by atoms with Gasteiger partial charge in [0, 0.05) is 18.5 Å². The lowest BCUT2D eigenvalue weighted by Crippen LogP contribution is -2.44. The average Bonchev–Trinajstić information content (AvgIpc) is 2.68. The molecule has 2 aromatic carbocycles. The molecule has 1 aliphatic rings. The summed E-state index contributed by atoms with van der Waals surface area (Å²) >= 11 is 0. The summed E-state index contributed by atoms with van der Waals surface area (Å²) in [6.45, 7) is 1.57. The van der Waals surface area contributed by atoms with E-state index < -0.39 is 5.97 Å². The van der Waals surface area contributed by atoms with Crippen LogP contribution in [0.3, 0.4) is 0 Å². The summed E-state index contributed by atoms with van der Waals surface area (Å²) < 4.78 is 10.8. The van der Waals surface area contributed by atoms with Gasteiger partial charge in [0.2, 0.25) is 0 Å². The fourth-order valence-corrected chi connectivity index (χ4v) is 3.88. The van der Waals surface area contributed by atoms with Gasteiger partial charge in [-0.2, -0.15) is 0 Å². The second kappa shape index (κ2) is 7.68. The van der Waals surface area contributed by atoms with E-state index in [2.05, 4.69) is 11.0 Å². The van der Waals surface area contributed by atoms with E-state index in [1.54, 1.807) is 14.2 Å². The molecule has 0 atom stereocenters. The van der Waals surface area contributed by atoms with Crippen molar-refractivity contribution in [3.8, 4) is 11.5 Å². The number of carboxylic acids is 1. The number of carboxylic acid groups (broad SMARTS) is 1. The molecule has 2 aromatic rings. The molecule has 0 radical (unpaired) electrons. The van der Waals surface area contributed by atoms with Gasteiger partial charge in [0.25, 0.3) is 0 Å². The van der Waals surface area contributed by atoms with Crippen LogP contribution in [0.15, 0.2) is 48.5 Å². The van der Waals surface area contributed by atoms with E-state index in [0.717, 1.165) is 48.7 Å². The van der Waals surface area contributed by atoms with E-state index in [9.17, 15) is 9.90 Å². The van der Waals surface area contributed by atoms with Gasteiger partial charge in [0.05, 0.1) is 26.3 Å². The van der Waals surface area contributed by atoms with E-state index in [-0.39, 0.29) is 11.8 Å². The van der Waals surface area contributed by atoms with Gasteiger partial charge in [-0.15, -0.1) is 0 Å². The number of benzene rings is 2. The minimum absolute atomic E-state index is 0.125. The van der Waals surface area contributed by atoms with Crippen LogP contribution in [0.5, 0.6) is 11.5 Å². The predicted octanol–water partition coefficient (Wildman–Crippen LogP) is 3.72. The van der Waals surface area contributed by atoms with Crippen LogP contribution in [-0.4, -0.2) is 38.4 Å². The Hall–Kier alpha value is -2.69. The number of piperidine rings is 1. The summed E-state index contributed by atoms with van der Waals surface area (Å²) in [4.78, 5) is 13.9. The molecular weight excluding hydrogens is 330 g/mol. The largest absolute Gasteiger partial charge is 0.497 e. The van der Waals surface area contributed by atoms with Crippen LogP contribution < -0.4 is 14.4 Å². The molecule has 1 aliphatic heterocycles. The molecule has 0 bridgehead atoms. The van der Waals surface area contributed by atoms with Crippen molar-refractivity contribution in [1.82, 2.24) is 0 Å². The van der Waals surface area contributed by atoms with Gasteiger partial charge in [-0.1, -0.05) is 24.3 Å². The number of rotatable bonds is 6. The van der Waals surface area contributed by atoms with Crippen molar-refractivity contribution in [2.45, 2.75) is 24.7 Å². The van der Waals surface area contributed by atoms with Crippen molar-refractivity contribution < 1.29 is 19.4 Å². The lowest BCUT2D eigenvalue weighted by Gasteiger charge is -2.42. The van der Waals surface area contributed by atoms with Crippen LogP contribution in [0, 0.1) is 0 Å². The Morgan fingerprint density at radius 1 is 1.08 bits per heavy atom. The third-order valence-electron chi connectivity index (χ3n) is 5.32. The topological polar surface area (TPSA) is 59.0 Å². The lowest BCUT2D eigenvalue weighted by molar-refractivity contribution is -0.138. The first-order valence-electron chi connectivity index (χ1n) is 8.82. The molecular formula is C21H25NO4. The number of carbonyl (C=O) groups is 1. The highest BCUT2D eigenvalue weighted by Crippen LogP contribution is 2.42. The number of hydrogen-bond donors (Lipinski definition) is 1. The Kier molecular flexibility index (Phi) is 5.35. The van der Waals surface area contributed by atoms with Gasteiger partial charge in [-0.25, -0.2) is 0 Å². The van der Waals surface area contributed by atoms with Gasteiger partial charge >= 0.3 is 5.97 Å². The van der Waals surface area contributed by atoms with E-state index in [0.29, 0.717) is 0 Å². The minimum Gasteiger partial charge on any atom is -0.497 e. The minimum atomic E-state index is -0.765. The maximum absolute atomic E-state index is 11.6. The number of hydrogen-bond acceptors (Lipinski definition) is 4. The van der Waals surface area contributed by atoms with Crippen molar-refractivity contribution >= 4 is 11.7 Å². The molecule has 0 saturated carbocycles. The van der Waals surface area contributed by atoms with E-state index in [1.165, 1.54) is 0 Å². The maximum Gasteiger partial charge on any atom is 0.304 e. The number of nitrogens with zero attached hydrogens (tertiary/aromatic N) is 1. The van der Waals surface area contributed by atoms with Gasteiger partial charge in [0.1, 0.15) is 11.5 Å². The van der Waals surface area contributed by atoms with Crippen LogP contribution in [0.4, 0.5) is 5.69 Å². The fourth-order valence-electron chi connectivity index (χ4n) is 3.88. The molecule has 0 unspecified atom stereocenters. The summed E-state index contributed by atoms with van der Waals surface area (Å²) in [7, 11) is 3.31. The molecule has 5 heteroatoms. The molecule has 1 fully saturated rings. The molecule has 1 heterocycles. The lowest BCUT2D eigenvalue weighted by atomic mass is 9.70. The van der Waals surface area contributed by atoms with E-state index in [4.69, 9.17) is 9.47 Å². The van der Waals surface area contributed by atoms with Crippen LogP contribution in [-0.2, 0) is 10.2 Å². The van der Waals surface area contributed by atoms with Crippen molar-refractivity contribution in [1.29, 1.82) is 0 Å². The predicted molar refractivity (Wildman–Crippen MR) is 101 cm³/mol. The van der Waals surface area contributed by atoms with Gasteiger partial charge in [-0.05, 0) is 42.7 Å². The van der Waals surface area contributed by atoms with Crippen molar-refractivity contribution in [2.75, 3.05) is 32.2 Å². The molecule has 138 valence electrons. The molecule has 0 aromatic heterocycles. The number of ether oxygens (including phenoxy) is 2. The van der Waals surface area contributed by atoms with Crippen molar-refractivity contribution in [3.05, 3.63) is 54.1 Å². The molecule has 3 rings (SSSR count). The Balaban J connectivity index is 1.86. The van der Waals surface area contributed by atoms with Crippen LogP contribution in [0.2, 0.25) is 0 Å². The summed E-state index contributed by atoms with van der Waals surface area (Å²) in [6.07, 6.45) is 1.66. The summed E-state index contributed by atoms with van der Waals surface area (Å²) in [6, 6.07) is 15.8. The normalized spacial score (nSPS) is 16.2. The molecule has 0 aliphatic carbocycles.